The zero-order chi connectivity index (χ0) is 54.7. The fourth-order valence-corrected chi connectivity index (χ4v) is 9.57. The Balaban J connectivity index is 0.00000757. The number of benzene rings is 7. The van der Waals surface area contributed by atoms with Crippen molar-refractivity contribution in [1.82, 2.24) is 15.0 Å². The van der Waals surface area contributed by atoms with Crippen molar-refractivity contribution >= 4 is 0 Å². The minimum absolute atomic E-state index is 0. The molecule has 0 amide bonds. The van der Waals surface area contributed by atoms with E-state index < -0.39 is 23.6 Å². The molecule has 0 radical (unpaired) electrons. The van der Waals surface area contributed by atoms with Crippen LogP contribution in [0.2, 0.25) is 0 Å². The summed E-state index contributed by atoms with van der Waals surface area (Å²) in [6.07, 6.45) is 5.39. The van der Waals surface area contributed by atoms with Crippen molar-refractivity contribution in [3.8, 4) is 78.3 Å². The van der Waals surface area contributed by atoms with Crippen LogP contribution >= 0.6 is 0 Å². The normalized spacial score (nSPS) is 12.7. The van der Waals surface area contributed by atoms with Gasteiger partial charge in [-0.3, -0.25) is 0 Å². The molecule has 0 atom stereocenters. The third-order valence-corrected chi connectivity index (χ3v) is 13.0. The number of rotatable bonds is 15. The van der Waals surface area contributed by atoms with Crippen molar-refractivity contribution in [2.24, 2.45) is 10.8 Å². The van der Waals surface area contributed by atoms with Gasteiger partial charge in [0, 0.05) is 24.1 Å². The van der Waals surface area contributed by atoms with Crippen LogP contribution in [0.15, 0.2) is 207 Å². The summed E-state index contributed by atoms with van der Waals surface area (Å²) in [5, 5.41) is 0. The number of pyridine rings is 3. The van der Waals surface area contributed by atoms with E-state index in [0.29, 0.717) is 22.5 Å². The van der Waals surface area contributed by atoms with Crippen molar-refractivity contribution in [3.05, 3.63) is 258 Å². The summed E-state index contributed by atoms with van der Waals surface area (Å²) in [5.74, 6) is 0. The van der Waals surface area contributed by atoms with E-state index in [1.807, 2.05) is 108 Å². The zero-order valence-corrected chi connectivity index (χ0v) is 46.0. The standard InChI is InChI=1S/C71H64N3.Ir/c1-70(2,3)48-54-37-40-73-68(45-54)59-27-23-50(24-28-59)19-21-52-42-53(22-20-51-25-29-60(30-26-51)69-46-55(38-41-74-69)49-71(4,5)6)44-62(43-52)63-16-10-11-17-64(63)65-36-35-61(67-18-12-13-39-72-67)47-66(65)58-33-31-57(32-34-58)56-14-8-7-9-15-56;/h7-18,23-27,29,31-34,36-47H,19-22,48-49H2,1-6H3;/q-3;+3/i48D2,49D2;. The molecule has 10 aromatic rings. The Bertz CT molecular complexity index is 3540. The van der Waals surface area contributed by atoms with E-state index in [-0.39, 0.29) is 20.1 Å². The number of nitrogens with zero attached hydrogens (tertiary/aromatic N) is 3. The van der Waals surface area contributed by atoms with E-state index >= 15 is 0 Å². The third-order valence-electron chi connectivity index (χ3n) is 13.0. The molecule has 0 aliphatic rings. The first-order valence-electron chi connectivity index (χ1n) is 27.7. The molecule has 0 saturated carbocycles. The Morgan fingerprint density at radius 2 is 0.840 bits per heavy atom. The van der Waals surface area contributed by atoms with E-state index in [4.69, 9.17) is 10.5 Å². The molecule has 7 aromatic carbocycles. The van der Waals surface area contributed by atoms with Gasteiger partial charge in [0.05, 0.1) is 0 Å². The summed E-state index contributed by atoms with van der Waals surface area (Å²) in [4.78, 5) is 13.9. The van der Waals surface area contributed by atoms with Crippen LogP contribution < -0.4 is 0 Å². The predicted octanol–water partition coefficient (Wildman–Crippen LogP) is 17.7. The van der Waals surface area contributed by atoms with Gasteiger partial charge in [-0.2, -0.15) is 0 Å². The van der Waals surface area contributed by atoms with Gasteiger partial charge in [-0.05, 0) is 111 Å². The summed E-state index contributed by atoms with van der Waals surface area (Å²) < 4.78 is 35.4. The molecule has 0 bridgehead atoms. The van der Waals surface area contributed by atoms with Crippen molar-refractivity contribution < 1.29 is 25.6 Å². The second kappa shape index (κ2) is 23.5. The second-order valence-corrected chi connectivity index (χ2v) is 21.2. The van der Waals surface area contributed by atoms with Gasteiger partial charge in [-0.1, -0.05) is 204 Å². The summed E-state index contributed by atoms with van der Waals surface area (Å²) in [6.45, 7) is 11.5. The van der Waals surface area contributed by atoms with Crippen molar-refractivity contribution in [3.63, 3.8) is 0 Å². The molecule has 4 heteroatoms. The Hall–Kier alpha value is -7.36. The van der Waals surface area contributed by atoms with Gasteiger partial charge in [0.25, 0.3) is 0 Å². The number of hydrogen-bond acceptors (Lipinski definition) is 3. The van der Waals surface area contributed by atoms with E-state index in [0.717, 1.165) is 98.1 Å². The number of hydrogen-bond donors (Lipinski definition) is 0. The van der Waals surface area contributed by atoms with Gasteiger partial charge in [-0.15, -0.1) is 94.5 Å². The SMILES string of the molecule is [2H]C([2H])(c1ccnc(-c2[c-]cc(CCc3cc(CCc4c[c-]c(-c5cc(C([2H])([2H])C(C)(C)C)ccn5)cc4)cc(-c4ccccc4-c4c[c-]c(-c5ccccn5)cc4-c4ccc(-c5ccccc5)cc4)c3)cc2)c1)C(C)(C)C.[Ir+3]. The van der Waals surface area contributed by atoms with Gasteiger partial charge < -0.3 is 15.0 Å². The smallest absolute Gasteiger partial charge is 0.305 e. The molecule has 75 heavy (non-hydrogen) atoms. The maximum Gasteiger partial charge on any atom is 3.00 e. The van der Waals surface area contributed by atoms with E-state index in [9.17, 15) is 0 Å². The van der Waals surface area contributed by atoms with Gasteiger partial charge >= 0.3 is 20.1 Å². The third kappa shape index (κ3) is 13.7. The summed E-state index contributed by atoms with van der Waals surface area (Å²) in [7, 11) is 0. The van der Waals surface area contributed by atoms with Crippen LogP contribution in [-0.2, 0) is 58.5 Å². The fraction of sp³-hybridized carbons (Fsp3) is 0.197. The Labute approximate surface area is 465 Å². The Kier molecular flexibility index (Phi) is 14.8. The van der Waals surface area contributed by atoms with Crippen LogP contribution in [0.1, 0.15) is 80.4 Å². The minimum atomic E-state index is -1.53. The quantitative estimate of drug-likeness (QED) is 0.0960. The first kappa shape index (κ1) is 47.4. The molecule has 10 rings (SSSR count). The molecular formula is C71H64IrN3. The molecule has 0 aliphatic heterocycles. The molecule has 0 aliphatic carbocycles. The maximum absolute atomic E-state index is 8.86. The molecule has 0 fully saturated rings. The van der Waals surface area contributed by atoms with Crippen LogP contribution in [-0.4, -0.2) is 15.0 Å². The average Bonchev–Trinajstić information content (AvgIpc) is 3.52. The van der Waals surface area contributed by atoms with E-state index in [1.54, 1.807) is 24.5 Å². The number of aryl methyl sites for hydroxylation is 4. The fourth-order valence-electron chi connectivity index (χ4n) is 9.57. The maximum atomic E-state index is 8.86. The molecule has 0 spiro atoms. The topological polar surface area (TPSA) is 38.7 Å². The summed E-state index contributed by atoms with van der Waals surface area (Å²) in [6, 6.07) is 75.8. The molecule has 0 unspecified atom stereocenters. The zero-order valence-electron chi connectivity index (χ0n) is 47.6. The van der Waals surface area contributed by atoms with Gasteiger partial charge in [0.2, 0.25) is 0 Å². The molecule has 3 nitrogen and oxygen atoms in total. The van der Waals surface area contributed by atoms with Crippen LogP contribution in [0.3, 0.4) is 0 Å². The Morgan fingerprint density at radius 1 is 0.347 bits per heavy atom. The van der Waals surface area contributed by atoms with E-state index in [1.165, 1.54) is 16.7 Å². The number of aromatic nitrogens is 3. The van der Waals surface area contributed by atoms with Gasteiger partial charge in [0.1, 0.15) is 0 Å². The van der Waals surface area contributed by atoms with Crippen molar-refractivity contribution in [2.45, 2.75) is 80.0 Å². The van der Waals surface area contributed by atoms with E-state index in [2.05, 4.69) is 143 Å². The van der Waals surface area contributed by atoms with Crippen LogP contribution in [0.5, 0.6) is 0 Å². The van der Waals surface area contributed by atoms with Crippen LogP contribution in [0.4, 0.5) is 0 Å². The predicted molar refractivity (Wildman–Crippen MR) is 308 cm³/mol. The van der Waals surface area contributed by atoms with Crippen molar-refractivity contribution in [2.75, 3.05) is 0 Å². The molecule has 3 heterocycles. The van der Waals surface area contributed by atoms with Gasteiger partial charge in [-0.25, -0.2) is 0 Å². The first-order valence-corrected chi connectivity index (χ1v) is 25.7. The molecular weight excluding hydrogens is 1090 g/mol. The average molecular weight is 1160 g/mol. The Morgan fingerprint density at radius 3 is 1.37 bits per heavy atom. The summed E-state index contributed by atoms with van der Waals surface area (Å²) >= 11 is 0. The first-order chi connectivity index (χ1) is 37.4. The van der Waals surface area contributed by atoms with Crippen LogP contribution in [0.25, 0.3) is 78.3 Å². The minimum Gasteiger partial charge on any atom is -0.305 e. The molecule has 0 N–H and O–H groups in total. The summed E-state index contributed by atoms with van der Waals surface area (Å²) in [5.41, 5.74) is 18.7. The molecule has 3 aromatic heterocycles. The monoisotopic (exact) mass is 1160 g/mol. The molecule has 0 saturated heterocycles. The van der Waals surface area contributed by atoms with Gasteiger partial charge in [0.15, 0.2) is 0 Å². The largest absolute Gasteiger partial charge is 3.00 e. The van der Waals surface area contributed by atoms with Crippen molar-refractivity contribution in [1.29, 1.82) is 0 Å². The molecule has 372 valence electrons. The van der Waals surface area contributed by atoms with Crippen LogP contribution in [0, 0.1) is 29.0 Å². The second-order valence-electron chi connectivity index (χ2n) is 21.2.